The van der Waals surface area contributed by atoms with Gasteiger partial charge >= 0.3 is 17.9 Å². The van der Waals surface area contributed by atoms with Crippen molar-refractivity contribution in [1.82, 2.24) is 0 Å². The molecule has 0 atom stereocenters. The minimum absolute atomic E-state index is 0.112. The molecule has 248 valence electrons. The second kappa shape index (κ2) is 17.4. The van der Waals surface area contributed by atoms with Gasteiger partial charge in [-0.25, -0.2) is 14.4 Å². The Kier molecular flexibility index (Phi) is 13.4. The number of carbonyl (C=O) groups excluding carboxylic acids is 3. The molecule has 47 heavy (non-hydrogen) atoms. The maximum Gasteiger partial charge on any atom is 0.333 e. The first-order chi connectivity index (χ1) is 22.4. The standard InChI is InChI=1S/C38H42O9/c1-26(2)35(39)45-23-20-42-32-14-8-29(9-15-32)38(7,30-10-16-33(17-11-30)43-21-24-46-36(40)27(3)4)31-12-18-34(19-13-31)44-22-25-47-37(41)28(5)6/h8-19H,1,3,5,20-25H2,2,4,6-7H3. The fraction of sp³-hybridized carbons (Fsp3) is 0.289. The third kappa shape index (κ3) is 10.6. The van der Waals surface area contributed by atoms with Gasteiger partial charge in [0.05, 0.1) is 0 Å². The van der Waals surface area contributed by atoms with Crippen LogP contribution in [0.4, 0.5) is 0 Å². The molecule has 0 aliphatic carbocycles. The zero-order chi connectivity index (χ0) is 34.4. The van der Waals surface area contributed by atoms with E-state index in [-0.39, 0.29) is 39.6 Å². The summed E-state index contributed by atoms with van der Waals surface area (Å²) in [4.78, 5) is 34.8. The molecule has 0 saturated heterocycles. The molecule has 0 heterocycles. The molecule has 0 radical (unpaired) electrons. The number of esters is 3. The van der Waals surface area contributed by atoms with Crippen molar-refractivity contribution in [2.24, 2.45) is 0 Å². The fourth-order valence-electron chi connectivity index (χ4n) is 4.40. The third-order valence-electron chi connectivity index (χ3n) is 7.10. The molecule has 3 aromatic rings. The fourth-order valence-corrected chi connectivity index (χ4v) is 4.40. The van der Waals surface area contributed by atoms with E-state index in [0.717, 1.165) is 16.7 Å². The maximum atomic E-state index is 11.6. The normalized spacial score (nSPS) is 10.7. The molecule has 0 spiro atoms. The number of hydrogen-bond acceptors (Lipinski definition) is 9. The van der Waals surface area contributed by atoms with Gasteiger partial charge in [-0.1, -0.05) is 56.1 Å². The van der Waals surface area contributed by atoms with Crippen molar-refractivity contribution in [2.45, 2.75) is 33.1 Å². The summed E-state index contributed by atoms with van der Waals surface area (Å²) in [7, 11) is 0. The Morgan fingerprint density at radius 3 is 0.915 bits per heavy atom. The monoisotopic (exact) mass is 642 g/mol. The quantitative estimate of drug-likeness (QED) is 0.0503. The van der Waals surface area contributed by atoms with E-state index < -0.39 is 23.3 Å². The van der Waals surface area contributed by atoms with E-state index in [1.54, 1.807) is 20.8 Å². The molecule has 0 unspecified atom stereocenters. The molecule has 0 aliphatic heterocycles. The lowest BCUT2D eigenvalue weighted by Crippen LogP contribution is -2.25. The van der Waals surface area contributed by atoms with Gasteiger partial charge < -0.3 is 28.4 Å². The summed E-state index contributed by atoms with van der Waals surface area (Å²) < 4.78 is 32.7. The highest BCUT2D eigenvalue weighted by molar-refractivity contribution is 5.87. The van der Waals surface area contributed by atoms with E-state index in [1.165, 1.54) is 0 Å². The van der Waals surface area contributed by atoms with Crippen LogP contribution in [0, 0.1) is 0 Å². The first kappa shape index (κ1) is 36.2. The van der Waals surface area contributed by atoms with Crippen LogP contribution in [-0.2, 0) is 34.0 Å². The average Bonchev–Trinajstić information content (AvgIpc) is 3.07. The Labute approximate surface area is 276 Å². The molecule has 0 amide bonds. The molecule has 0 bridgehead atoms. The largest absolute Gasteiger partial charge is 0.490 e. The summed E-state index contributed by atoms with van der Waals surface area (Å²) in [5, 5.41) is 0. The number of rotatable bonds is 18. The summed E-state index contributed by atoms with van der Waals surface area (Å²) in [6, 6.07) is 23.2. The van der Waals surface area contributed by atoms with Crippen LogP contribution in [0.25, 0.3) is 0 Å². The van der Waals surface area contributed by atoms with Crippen molar-refractivity contribution in [3.05, 3.63) is 126 Å². The number of carbonyl (C=O) groups is 3. The van der Waals surface area contributed by atoms with Crippen LogP contribution >= 0.6 is 0 Å². The molecule has 9 heteroatoms. The van der Waals surface area contributed by atoms with E-state index in [1.807, 2.05) is 72.8 Å². The summed E-state index contributed by atoms with van der Waals surface area (Å²) in [5.41, 5.74) is 3.40. The van der Waals surface area contributed by atoms with Crippen molar-refractivity contribution in [2.75, 3.05) is 39.6 Å². The molecule has 9 nitrogen and oxygen atoms in total. The summed E-state index contributed by atoms with van der Waals surface area (Å²) >= 11 is 0. The Morgan fingerprint density at radius 2 is 0.702 bits per heavy atom. The minimum Gasteiger partial charge on any atom is -0.490 e. The predicted molar refractivity (Wildman–Crippen MR) is 179 cm³/mol. The Bertz CT molecular complexity index is 1370. The zero-order valence-corrected chi connectivity index (χ0v) is 27.5. The zero-order valence-electron chi connectivity index (χ0n) is 27.5. The van der Waals surface area contributed by atoms with Crippen LogP contribution in [-0.4, -0.2) is 57.5 Å². The van der Waals surface area contributed by atoms with Gasteiger partial charge in [-0.2, -0.15) is 0 Å². The molecule has 0 aromatic heterocycles. The Morgan fingerprint density at radius 1 is 0.468 bits per heavy atom. The van der Waals surface area contributed by atoms with E-state index >= 15 is 0 Å². The van der Waals surface area contributed by atoms with Crippen LogP contribution in [0.15, 0.2) is 109 Å². The van der Waals surface area contributed by atoms with Crippen LogP contribution in [0.1, 0.15) is 44.4 Å². The van der Waals surface area contributed by atoms with Gasteiger partial charge in [0.15, 0.2) is 0 Å². The van der Waals surface area contributed by atoms with Gasteiger partial charge in [0, 0.05) is 22.1 Å². The van der Waals surface area contributed by atoms with Crippen LogP contribution in [0.5, 0.6) is 17.2 Å². The SMILES string of the molecule is C=C(C)C(=O)OCCOc1ccc(C(C)(c2ccc(OCCOC(=O)C(=C)C)cc2)c2ccc(OCCOC(=O)C(=C)C)cc2)cc1. The Balaban J connectivity index is 1.78. The van der Waals surface area contributed by atoms with Gasteiger partial charge in [-0.3, -0.25) is 0 Å². The summed E-state index contributed by atoms with van der Waals surface area (Å²) in [6.07, 6.45) is 0. The lowest BCUT2D eigenvalue weighted by molar-refractivity contribution is -0.140. The molecule has 0 fully saturated rings. The molecule has 0 aliphatic rings. The first-order valence-corrected chi connectivity index (χ1v) is 15.1. The van der Waals surface area contributed by atoms with Crippen molar-refractivity contribution in [3.8, 4) is 17.2 Å². The lowest BCUT2D eigenvalue weighted by Gasteiger charge is -2.32. The number of ether oxygens (including phenoxy) is 6. The van der Waals surface area contributed by atoms with E-state index in [4.69, 9.17) is 28.4 Å². The molecule has 0 saturated carbocycles. The molecule has 0 N–H and O–H groups in total. The topological polar surface area (TPSA) is 107 Å². The van der Waals surface area contributed by atoms with Gasteiger partial charge in [-0.15, -0.1) is 0 Å². The smallest absolute Gasteiger partial charge is 0.333 e. The summed E-state index contributed by atoms with van der Waals surface area (Å²) in [6.45, 7) is 18.6. The van der Waals surface area contributed by atoms with Gasteiger partial charge in [0.2, 0.25) is 0 Å². The van der Waals surface area contributed by atoms with Crippen molar-refractivity contribution >= 4 is 17.9 Å². The second-order valence-electron chi connectivity index (χ2n) is 11.0. The highest BCUT2D eigenvalue weighted by Gasteiger charge is 2.31. The highest BCUT2D eigenvalue weighted by atomic mass is 16.6. The van der Waals surface area contributed by atoms with E-state index in [9.17, 15) is 14.4 Å². The molecule has 3 rings (SSSR count). The van der Waals surface area contributed by atoms with Crippen LogP contribution in [0.3, 0.4) is 0 Å². The highest BCUT2D eigenvalue weighted by Crippen LogP contribution is 2.40. The van der Waals surface area contributed by atoms with Crippen LogP contribution < -0.4 is 14.2 Å². The van der Waals surface area contributed by atoms with Gasteiger partial charge in [0.25, 0.3) is 0 Å². The van der Waals surface area contributed by atoms with Crippen molar-refractivity contribution < 1.29 is 42.8 Å². The van der Waals surface area contributed by atoms with E-state index in [2.05, 4.69) is 26.7 Å². The predicted octanol–water partition coefficient (Wildman–Crippen LogP) is 6.54. The van der Waals surface area contributed by atoms with E-state index in [0.29, 0.717) is 34.0 Å². The minimum atomic E-state index is -0.597. The Hall–Kier alpha value is -5.31. The summed E-state index contributed by atoms with van der Waals surface area (Å²) in [5.74, 6) is 0.541. The van der Waals surface area contributed by atoms with Gasteiger partial charge in [-0.05, 0) is 80.8 Å². The molecular formula is C38H42O9. The van der Waals surface area contributed by atoms with Crippen molar-refractivity contribution in [3.63, 3.8) is 0 Å². The van der Waals surface area contributed by atoms with Crippen LogP contribution in [0.2, 0.25) is 0 Å². The first-order valence-electron chi connectivity index (χ1n) is 15.1. The number of hydrogen-bond donors (Lipinski definition) is 0. The maximum absolute atomic E-state index is 11.6. The lowest BCUT2D eigenvalue weighted by atomic mass is 9.71. The van der Waals surface area contributed by atoms with Gasteiger partial charge in [0.1, 0.15) is 56.9 Å². The second-order valence-corrected chi connectivity index (χ2v) is 11.0. The third-order valence-corrected chi connectivity index (χ3v) is 7.10. The van der Waals surface area contributed by atoms with Crippen molar-refractivity contribution in [1.29, 1.82) is 0 Å². The molecule has 3 aromatic carbocycles. The molecular weight excluding hydrogens is 600 g/mol. The number of benzene rings is 3. The average molecular weight is 643 g/mol.